The number of rotatable bonds is 4. The van der Waals surface area contributed by atoms with Gasteiger partial charge in [0, 0.05) is 13.1 Å². The lowest BCUT2D eigenvalue weighted by Crippen LogP contribution is -2.39. The molecule has 0 bridgehead atoms. The van der Waals surface area contributed by atoms with E-state index in [1.807, 2.05) is 39.0 Å². The van der Waals surface area contributed by atoms with Crippen LogP contribution < -0.4 is 4.90 Å². The number of aromatic nitrogens is 2. The van der Waals surface area contributed by atoms with Crippen LogP contribution in [-0.2, 0) is 9.47 Å². The Hall–Kier alpha value is -2.51. The molecule has 3 heterocycles. The third-order valence-corrected chi connectivity index (χ3v) is 6.05. The molecule has 7 heteroatoms. The minimum Gasteiger partial charge on any atom is -0.462 e. The Morgan fingerprint density at radius 1 is 1.29 bits per heavy atom. The van der Waals surface area contributed by atoms with Crippen LogP contribution in [0.4, 0.5) is 5.82 Å². The van der Waals surface area contributed by atoms with Gasteiger partial charge >= 0.3 is 5.97 Å². The van der Waals surface area contributed by atoms with Crippen molar-refractivity contribution in [1.82, 2.24) is 9.97 Å². The Kier molecular flexibility index (Phi) is 5.28. The third kappa shape index (κ3) is 3.47. The van der Waals surface area contributed by atoms with Gasteiger partial charge in [-0.05, 0) is 31.9 Å². The number of nitrogens with zero attached hydrogens (tertiary/aromatic N) is 3. The summed E-state index contributed by atoms with van der Waals surface area (Å²) >= 11 is 1.38. The second kappa shape index (κ2) is 7.85. The van der Waals surface area contributed by atoms with E-state index in [1.54, 1.807) is 0 Å². The second-order valence-corrected chi connectivity index (χ2v) is 7.77. The molecule has 0 N–H and O–H groups in total. The van der Waals surface area contributed by atoms with Gasteiger partial charge in [0.2, 0.25) is 0 Å². The van der Waals surface area contributed by atoms with Crippen molar-refractivity contribution in [2.24, 2.45) is 0 Å². The molecule has 0 saturated carbocycles. The summed E-state index contributed by atoms with van der Waals surface area (Å²) in [5.74, 6) is 1.27. The standard InChI is InChI=1S/C21H23N3O3S/c1-4-26-21(25)18-13(2)17-19(22-14(3)23-20(17)28-18)24-10-11-27-16(12-24)15-8-6-5-7-9-15/h5-9,16H,4,10-12H2,1-3H3/t16-/m0/s1. The molecule has 1 aliphatic rings. The molecule has 6 nitrogen and oxygen atoms in total. The highest BCUT2D eigenvalue weighted by atomic mass is 32.1. The van der Waals surface area contributed by atoms with E-state index in [0.717, 1.165) is 33.7 Å². The summed E-state index contributed by atoms with van der Waals surface area (Å²) in [5, 5.41) is 0.937. The maximum atomic E-state index is 12.4. The summed E-state index contributed by atoms with van der Waals surface area (Å²) in [7, 11) is 0. The van der Waals surface area contributed by atoms with Crippen LogP contribution in [0.5, 0.6) is 0 Å². The highest BCUT2D eigenvalue weighted by Gasteiger charge is 2.27. The lowest BCUT2D eigenvalue weighted by atomic mass is 10.1. The molecule has 28 heavy (non-hydrogen) atoms. The maximum absolute atomic E-state index is 12.4. The average Bonchev–Trinajstić information content (AvgIpc) is 3.05. The van der Waals surface area contributed by atoms with E-state index in [0.29, 0.717) is 30.5 Å². The molecule has 1 atom stereocenters. The summed E-state index contributed by atoms with van der Waals surface area (Å²) in [6.07, 6.45) is -0.0104. The van der Waals surface area contributed by atoms with E-state index in [2.05, 4.69) is 22.0 Å². The van der Waals surface area contributed by atoms with Crippen LogP contribution in [0.3, 0.4) is 0 Å². The minimum absolute atomic E-state index is 0.0104. The zero-order valence-corrected chi connectivity index (χ0v) is 17.1. The van der Waals surface area contributed by atoms with Crippen LogP contribution in [0, 0.1) is 13.8 Å². The van der Waals surface area contributed by atoms with Crippen LogP contribution in [0.15, 0.2) is 30.3 Å². The zero-order chi connectivity index (χ0) is 19.7. The topological polar surface area (TPSA) is 64.5 Å². The molecule has 3 aromatic rings. The first-order valence-corrected chi connectivity index (χ1v) is 10.3. The fourth-order valence-electron chi connectivity index (χ4n) is 3.55. The lowest BCUT2D eigenvalue weighted by molar-refractivity contribution is 0.0396. The predicted molar refractivity (Wildman–Crippen MR) is 110 cm³/mol. The Bertz CT molecular complexity index is 1000. The van der Waals surface area contributed by atoms with Gasteiger partial charge in [-0.15, -0.1) is 11.3 Å². The highest BCUT2D eigenvalue weighted by Crippen LogP contribution is 2.37. The quantitative estimate of drug-likeness (QED) is 0.619. The number of esters is 1. The Morgan fingerprint density at radius 3 is 2.82 bits per heavy atom. The zero-order valence-electron chi connectivity index (χ0n) is 16.3. The van der Waals surface area contributed by atoms with Crippen LogP contribution in [0.2, 0.25) is 0 Å². The minimum atomic E-state index is -0.296. The second-order valence-electron chi connectivity index (χ2n) is 6.77. The van der Waals surface area contributed by atoms with Crippen LogP contribution >= 0.6 is 11.3 Å². The summed E-state index contributed by atoms with van der Waals surface area (Å²) in [6, 6.07) is 10.2. The van der Waals surface area contributed by atoms with Gasteiger partial charge in [-0.1, -0.05) is 30.3 Å². The molecule has 4 rings (SSSR count). The molecular weight excluding hydrogens is 374 g/mol. The average molecular weight is 398 g/mol. The number of anilines is 1. The number of carbonyl (C=O) groups excluding carboxylic acids is 1. The maximum Gasteiger partial charge on any atom is 0.348 e. The number of hydrogen-bond donors (Lipinski definition) is 0. The van der Waals surface area contributed by atoms with E-state index in [4.69, 9.17) is 14.5 Å². The van der Waals surface area contributed by atoms with Gasteiger partial charge in [0.25, 0.3) is 0 Å². The molecule has 0 unspecified atom stereocenters. The predicted octanol–water partition coefficient (Wildman–Crippen LogP) is 4.06. The largest absolute Gasteiger partial charge is 0.462 e. The molecular formula is C21H23N3O3S. The van der Waals surface area contributed by atoms with Crippen molar-refractivity contribution in [1.29, 1.82) is 0 Å². The van der Waals surface area contributed by atoms with Crippen molar-refractivity contribution < 1.29 is 14.3 Å². The summed E-state index contributed by atoms with van der Waals surface area (Å²) in [6.45, 7) is 8.08. The first-order valence-electron chi connectivity index (χ1n) is 9.44. The number of morpholine rings is 1. The van der Waals surface area contributed by atoms with E-state index >= 15 is 0 Å². The highest BCUT2D eigenvalue weighted by molar-refractivity contribution is 7.20. The van der Waals surface area contributed by atoms with Crippen molar-refractivity contribution in [2.75, 3.05) is 31.2 Å². The lowest BCUT2D eigenvalue weighted by Gasteiger charge is -2.34. The van der Waals surface area contributed by atoms with Gasteiger partial charge in [-0.2, -0.15) is 0 Å². The number of fused-ring (bicyclic) bond motifs is 1. The van der Waals surface area contributed by atoms with E-state index in [1.165, 1.54) is 11.3 Å². The number of benzene rings is 1. The fourth-order valence-corrected chi connectivity index (χ4v) is 4.67. The van der Waals surface area contributed by atoms with Gasteiger partial charge in [-0.25, -0.2) is 14.8 Å². The van der Waals surface area contributed by atoms with Crippen molar-refractivity contribution in [3.05, 3.63) is 52.2 Å². The van der Waals surface area contributed by atoms with Crippen molar-refractivity contribution in [3.8, 4) is 0 Å². The molecule has 1 aliphatic heterocycles. The van der Waals surface area contributed by atoms with E-state index in [9.17, 15) is 4.79 Å². The Labute approximate surface area is 168 Å². The third-order valence-electron chi connectivity index (χ3n) is 4.88. The fraction of sp³-hybridized carbons (Fsp3) is 0.381. The van der Waals surface area contributed by atoms with Gasteiger partial charge < -0.3 is 14.4 Å². The normalized spacial score (nSPS) is 17.1. The smallest absolute Gasteiger partial charge is 0.348 e. The van der Waals surface area contributed by atoms with Gasteiger partial charge in [0.1, 0.15) is 27.5 Å². The molecule has 2 aromatic heterocycles. The summed E-state index contributed by atoms with van der Waals surface area (Å²) in [4.78, 5) is 25.3. The van der Waals surface area contributed by atoms with E-state index < -0.39 is 0 Å². The molecule has 146 valence electrons. The first-order chi connectivity index (χ1) is 13.6. The molecule has 0 radical (unpaired) electrons. The summed E-state index contributed by atoms with van der Waals surface area (Å²) < 4.78 is 11.2. The number of thiophene rings is 1. The van der Waals surface area contributed by atoms with Gasteiger partial charge in [0.05, 0.1) is 18.6 Å². The van der Waals surface area contributed by atoms with Crippen molar-refractivity contribution >= 4 is 33.3 Å². The molecule has 0 aliphatic carbocycles. The summed E-state index contributed by atoms with van der Waals surface area (Å²) in [5.41, 5.74) is 2.04. The molecule has 0 spiro atoms. The number of hydrogen-bond acceptors (Lipinski definition) is 7. The van der Waals surface area contributed by atoms with Gasteiger partial charge in [0.15, 0.2) is 0 Å². The number of aryl methyl sites for hydroxylation is 2. The van der Waals surface area contributed by atoms with Crippen LogP contribution in [0.25, 0.3) is 10.2 Å². The van der Waals surface area contributed by atoms with Crippen molar-refractivity contribution in [2.45, 2.75) is 26.9 Å². The number of carbonyl (C=O) groups is 1. The van der Waals surface area contributed by atoms with Crippen LogP contribution in [0.1, 0.15) is 39.7 Å². The number of ether oxygens (including phenoxy) is 2. The molecule has 0 amide bonds. The molecule has 1 aromatic carbocycles. The van der Waals surface area contributed by atoms with Crippen LogP contribution in [-0.4, -0.2) is 42.2 Å². The van der Waals surface area contributed by atoms with E-state index in [-0.39, 0.29) is 12.1 Å². The van der Waals surface area contributed by atoms with Gasteiger partial charge in [-0.3, -0.25) is 0 Å². The molecule has 1 saturated heterocycles. The Morgan fingerprint density at radius 2 is 2.07 bits per heavy atom. The van der Waals surface area contributed by atoms with Crippen molar-refractivity contribution in [3.63, 3.8) is 0 Å². The molecule has 1 fully saturated rings. The monoisotopic (exact) mass is 397 g/mol. The SMILES string of the molecule is CCOC(=O)c1sc2nc(C)nc(N3CCO[C@H](c4ccccc4)C3)c2c1C. The first kappa shape index (κ1) is 18.8. The Balaban J connectivity index is 1.74.